The third-order valence-electron chi connectivity index (χ3n) is 6.08. The van der Waals surface area contributed by atoms with Crippen LogP contribution in [-0.2, 0) is 4.79 Å². The van der Waals surface area contributed by atoms with Crippen LogP contribution in [0.4, 0.5) is 0 Å². The summed E-state index contributed by atoms with van der Waals surface area (Å²) in [6.45, 7) is 6.81. The zero-order chi connectivity index (χ0) is 19.0. The second kappa shape index (κ2) is 7.41. The Hall–Kier alpha value is -2.24. The minimum Gasteiger partial charge on any atom is -0.356 e. The lowest BCUT2D eigenvalue weighted by molar-refractivity contribution is -0.122. The van der Waals surface area contributed by atoms with E-state index in [1.807, 2.05) is 26.1 Å². The highest BCUT2D eigenvalue weighted by molar-refractivity contribution is 5.81. The van der Waals surface area contributed by atoms with Crippen LogP contribution < -0.4 is 5.32 Å². The van der Waals surface area contributed by atoms with Gasteiger partial charge in [-0.15, -0.1) is 0 Å². The number of hydrogen-bond donors (Lipinski definition) is 1. The third kappa shape index (κ3) is 4.04. The average Bonchev–Trinajstić information content (AvgIpc) is 3.25. The van der Waals surface area contributed by atoms with E-state index < -0.39 is 0 Å². The van der Waals surface area contributed by atoms with E-state index in [1.165, 1.54) is 0 Å². The fourth-order valence-corrected chi connectivity index (χ4v) is 4.18. The number of hydrogen-bond acceptors (Lipinski definition) is 5. The maximum atomic E-state index is 12.0. The third-order valence-corrected chi connectivity index (χ3v) is 6.08. The van der Waals surface area contributed by atoms with Gasteiger partial charge < -0.3 is 9.84 Å². The van der Waals surface area contributed by atoms with Gasteiger partial charge in [0.25, 0.3) is 0 Å². The van der Waals surface area contributed by atoms with E-state index in [-0.39, 0.29) is 11.8 Å². The maximum absolute atomic E-state index is 12.0. The highest BCUT2D eigenvalue weighted by Gasteiger charge is 2.39. The Bertz CT molecular complexity index is 823. The molecule has 2 fully saturated rings. The molecule has 27 heavy (non-hydrogen) atoms. The van der Waals surface area contributed by atoms with Crippen LogP contribution in [0.15, 0.2) is 16.8 Å². The van der Waals surface area contributed by atoms with Crippen molar-refractivity contribution in [3.8, 4) is 11.3 Å². The van der Waals surface area contributed by atoms with Crippen molar-refractivity contribution in [2.24, 2.45) is 17.8 Å². The molecule has 144 valence electrons. The maximum Gasteiger partial charge on any atom is 0.223 e. The molecule has 1 amide bonds. The molecular weight excluding hydrogens is 340 g/mol. The van der Waals surface area contributed by atoms with Crippen LogP contribution in [0.2, 0.25) is 0 Å². The van der Waals surface area contributed by atoms with Gasteiger partial charge in [0, 0.05) is 30.6 Å². The second-order valence-electron chi connectivity index (χ2n) is 8.33. The Labute approximate surface area is 160 Å². The normalized spacial score (nSPS) is 27.4. The summed E-state index contributed by atoms with van der Waals surface area (Å²) in [4.78, 5) is 21.2. The van der Waals surface area contributed by atoms with Crippen LogP contribution in [0.25, 0.3) is 11.3 Å². The smallest absolute Gasteiger partial charge is 0.223 e. The van der Waals surface area contributed by atoms with Crippen LogP contribution >= 0.6 is 0 Å². The molecular formula is C21H28N4O2. The van der Waals surface area contributed by atoms with Crippen LogP contribution in [-0.4, -0.2) is 27.6 Å². The molecule has 0 bridgehead atoms. The van der Waals surface area contributed by atoms with Gasteiger partial charge in [-0.3, -0.25) is 4.79 Å². The SMILES string of the molecule is Cc1cc(-c2cnc(C)nc2C2CCC(CNC(=O)C3CC3C)CC2)on1. The van der Waals surface area contributed by atoms with Crippen molar-refractivity contribution in [2.75, 3.05) is 6.54 Å². The molecule has 6 heteroatoms. The van der Waals surface area contributed by atoms with Gasteiger partial charge in [-0.25, -0.2) is 9.97 Å². The minimum atomic E-state index is 0.249. The lowest BCUT2D eigenvalue weighted by Gasteiger charge is -2.29. The average molecular weight is 368 g/mol. The molecule has 2 aliphatic rings. The van der Waals surface area contributed by atoms with Crippen molar-refractivity contribution in [1.29, 1.82) is 0 Å². The standard InChI is InChI=1S/C21H28N4O2/c1-12-8-17(12)21(26)23-10-15-4-6-16(7-5-15)20-18(11-22-14(3)24-20)19-9-13(2)25-27-19/h9,11-12,15-17H,4-8,10H2,1-3H3,(H,23,26). The number of amides is 1. The predicted octanol–water partition coefficient (Wildman–Crippen LogP) is 3.79. The molecule has 2 heterocycles. The van der Waals surface area contributed by atoms with Gasteiger partial charge in [0.15, 0.2) is 5.76 Å². The molecule has 6 nitrogen and oxygen atoms in total. The largest absolute Gasteiger partial charge is 0.356 e. The Kier molecular flexibility index (Phi) is 4.98. The highest BCUT2D eigenvalue weighted by Crippen LogP contribution is 2.40. The van der Waals surface area contributed by atoms with E-state index in [2.05, 4.69) is 22.4 Å². The molecule has 0 radical (unpaired) electrons. The van der Waals surface area contributed by atoms with E-state index in [0.717, 1.165) is 67.2 Å². The van der Waals surface area contributed by atoms with Crippen molar-refractivity contribution in [3.63, 3.8) is 0 Å². The zero-order valence-electron chi connectivity index (χ0n) is 16.4. The first kappa shape index (κ1) is 18.1. The summed E-state index contributed by atoms with van der Waals surface area (Å²) in [6.07, 6.45) is 7.30. The molecule has 2 saturated carbocycles. The number of carbonyl (C=O) groups is 1. The van der Waals surface area contributed by atoms with Crippen LogP contribution in [0, 0.1) is 31.6 Å². The Morgan fingerprint density at radius 2 is 2.00 bits per heavy atom. The Morgan fingerprint density at radius 3 is 2.63 bits per heavy atom. The monoisotopic (exact) mass is 368 g/mol. The molecule has 2 aromatic rings. The molecule has 0 saturated heterocycles. The topological polar surface area (TPSA) is 80.9 Å². The molecule has 0 spiro atoms. The van der Waals surface area contributed by atoms with E-state index >= 15 is 0 Å². The summed E-state index contributed by atoms with van der Waals surface area (Å²) in [5.74, 6) is 3.59. The molecule has 2 aliphatic carbocycles. The molecule has 1 N–H and O–H groups in total. The summed E-state index contributed by atoms with van der Waals surface area (Å²) in [5, 5.41) is 7.17. The summed E-state index contributed by atoms with van der Waals surface area (Å²) >= 11 is 0. The number of rotatable bonds is 5. The van der Waals surface area contributed by atoms with Gasteiger partial charge in [0.05, 0.1) is 17.0 Å². The quantitative estimate of drug-likeness (QED) is 0.868. The fraction of sp³-hybridized carbons (Fsp3) is 0.619. The van der Waals surface area contributed by atoms with Crippen molar-refractivity contribution in [2.45, 2.75) is 58.8 Å². The Balaban J connectivity index is 1.39. The first-order valence-electron chi connectivity index (χ1n) is 10.1. The van der Waals surface area contributed by atoms with Crippen molar-refractivity contribution >= 4 is 5.91 Å². The highest BCUT2D eigenvalue weighted by atomic mass is 16.5. The summed E-state index contributed by atoms with van der Waals surface area (Å²) < 4.78 is 5.47. The lowest BCUT2D eigenvalue weighted by Crippen LogP contribution is -2.32. The first-order chi connectivity index (χ1) is 13.0. The summed E-state index contributed by atoms with van der Waals surface area (Å²) in [7, 11) is 0. The van der Waals surface area contributed by atoms with Gasteiger partial charge in [-0.1, -0.05) is 12.1 Å². The lowest BCUT2D eigenvalue weighted by atomic mass is 9.79. The van der Waals surface area contributed by atoms with E-state index in [0.29, 0.717) is 17.8 Å². The minimum absolute atomic E-state index is 0.249. The first-order valence-corrected chi connectivity index (χ1v) is 10.1. The number of carbonyl (C=O) groups excluding carboxylic acids is 1. The van der Waals surface area contributed by atoms with Gasteiger partial charge in [-0.05, 0) is 57.8 Å². The van der Waals surface area contributed by atoms with E-state index in [9.17, 15) is 4.79 Å². The summed E-state index contributed by atoms with van der Waals surface area (Å²) in [5.41, 5.74) is 2.90. The number of nitrogens with zero attached hydrogens (tertiary/aromatic N) is 3. The van der Waals surface area contributed by atoms with Gasteiger partial charge >= 0.3 is 0 Å². The molecule has 4 rings (SSSR count). The zero-order valence-corrected chi connectivity index (χ0v) is 16.4. The molecule has 2 atom stereocenters. The molecule has 2 unspecified atom stereocenters. The number of aryl methyl sites for hydroxylation is 2. The van der Waals surface area contributed by atoms with Gasteiger partial charge in [0.1, 0.15) is 5.82 Å². The second-order valence-corrected chi connectivity index (χ2v) is 8.33. The summed E-state index contributed by atoms with van der Waals surface area (Å²) in [6, 6.07) is 1.94. The van der Waals surface area contributed by atoms with E-state index in [1.54, 1.807) is 0 Å². The van der Waals surface area contributed by atoms with E-state index in [4.69, 9.17) is 9.51 Å². The Morgan fingerprint density at radius 1 is 1.26 bits per heavy atom. The van der Waals surface area contributed by atoms with Crippen LogP contribution in [0.1, 0.15) is 62.2 Å². The van der Waals surface area contributed by atoms with Gasteiger partial charge in [0.2, 0.25) is 5.91 Å². The van der Waals surface area contributed by atoms with Crippen molar-refractivity contribution < 1.29 is 9.32 Å². The number of aromatic nitrogens is 3. The van der Waals surface area contributed by atoms with Gasteiger partial charge in [-0.2, -0.15) is 0 Å². The van der Waals surface area contributed by atoms with Crippen LogP contribution in [0.5, 0.6) is 0 Å². The fourth-order valence-electron chi connectivity index (χ4n) is 4.18. The van der Waals surface area contributed by atoms with Crippen molar-refractivity contribution in [3.05, 3.63) is 29.5 Å². The molecule has 0 aromatic carbocycles. The molecule has 2 aromatic heterocycles. The van der Waals surface area contributed by atoms with Crippen LogP contribution in [0.3, 0.4) is 0 Å². The predicted molar refractivity (Wildman–Crippen MR) is 102 cm³/mol. The van der Waals surface area contributed by atoms with Crippen molar-refractivity contribution in [1.82, 2.24) is 20.4 Å². The molecule has 0 aliphatic heterocycles. The number of nitrogens with one attached hydrogen (secondary N) is 1.